The average molecular weight is 319 g/mol. The van der Waals surface area contributed by atoms with Crippen LogP contribution < -0.4 is 15.8 Å². The van der Waals surface area contributed by atoms with E-state index in [0.717, 1.165) is 30.8 Å². The van der Waals surface area contributed by atoms with E-state index >= 15 is 0 Å². The second-order valence-electron chi connectivity index (χ2n) is 6.87. The van der Waals surface area contributed by atoms with E-state index in [1.807, 2.05) is 38.1 Å². The number of hydrogen-bond acceptors (Lipinski definition) is 4. The fraction of sp³-hybridized carbons (Fsp3) is 0.611. The van der Waals surface area contributed by atoms with Crippen LogP contribution in [0.25, 0.3) is 0 Å². The lowest BCUT2D eigenvalue weighted by Crippen LogP contribution is -2.46. The lowest BCUT2D eigenvalue weighted by atomic mass is 9.90. The zero-order valence-electron chi connectivity index (χ0n) is 14.5. The van der Waals surface area contributed by atoms with Crippen molar-refractivity contribution in [2.24, 2.45) is 11.1 Å². The van der Waals surface area contributed by atoms with Crippen molar-refractivity contribution < 1.29 is 9.53 Å². The molecule has 1 aromatic rings. The number of carbonyl (C=O) groups excluding carboxylic acids is 1. The van der Waals surface area contributed by atoms with E-state index in [-0.39, 0.29) is 17.4 Å². The third-order valence-corrected chi connectivity index (χ3v) is 4.67. The van der Waals surface area contributed by atoms with Gasteiger partial charge in [0, 0.05) is 6.54 Å². The Balaban J connectivity index is 1.70. The fourth-order valence-electron chi connectivity index (χ4n) is 2.92. The Morgan fingerprint density at radius 3 is 2.96 bits per heavy atom. The van der Waals surface area contributed by atoms with Gasteiger partial charge in [0.25, 0.3) is 0 Å². The highest BCUT2D eigenvalue weighted by molar-refractivity contribution is 5.81. The van der Waals surface area contributed by atoms with Gasteiger partial charge in [-0.15, -0.1) is 0 Å². The molecule has 2 atom stereocenters. The van der Waals surface area contributed by atoms with E-state index in [1.165, 1.54) is 0 Å². The molecule has 1 saturated heterocycles. The van der Waals surface area contributed by atoms with Crippen molar-refractivity contribution >= 4 is 5.91 Å². The van der Waals surface area contributed by atoms with Crippen LogP contribution >= 0.6 is 0 Å². The summed E-state index contributed by atoms with van der Waals surface area (Å²) in [5.74, 6) is 0.893. The Bertz CT molecular complexity index is 535. The number of benzene rings is 1. The minimum atomic E-state index is -0.123. The molecule has 0 spiro atoms. The van der Waals surface area contributed by atoms with Gasteiger partial charge in [-0.1, -0.05) is 19.1 Å². The molecule has 0 aromatic heterocycles. The van der Waals surface area contributed by atoms with Gasteiger partial charge >= 0.3 is 0 Å². The van der Waals surface area contributed by atoms with Crippen molar-refractivity contribution in [1.29, 1.82) is 0 Å². The minimum absolute atomic E-state index is 0.0547. The molecule has 2 rings (SSSR count). The van der Waals surface area contributed by atoms with Crippen LogP contribution in [0.15, 0.2) is 24.3 Å². The highest BCUT2D eigenvalue weighted by Crippen LogP contribution is 2.29. The number of carbonyl (C=O) groups is 1. The largest absolute Gasteiger partial charge is 0.492 e. The summed E-state index contributed by atoms with van der Waals surface area (Å²) in [4.78, 5) is 14.5. The van der Waals surface area contributed by atoms with Crippen LogP contribution in [0.2, 0.25) is 0 Å². The van der Waals surface area contributed by atoms with E-state index in [0.29, 0.717) is 19.7 Å². The Labute approximate surface area is 139 Å². The van der Waals surface area contributed by atoms with Crippen molar-refractivity contribution in [3.8, 4) is 5.75 Å². The van der Waals surface area contributed by atoms with Crippen LogP contribution in [-0.4, -0.2) is 49.6 Å². The normalized spacial score (nSPS) is 22.8. The molecule has 5 heteroatoms. The molecule has 1 amide bonds. The Morgan fingerprint density at radius 2 is 2.30 bits per heavy atom. The Hall–Kier alpha value is -1.59. The van der Waals surface area contributed by atoms with Crippen LogP contribution in [0.4, 0.5) is 0 Å². The maximum Gasteiger partial charge on any atom is 0.237 e. The first-order chi connectivity index (χ1) is 10.9. The van der Waals surface area contributed by atoms with Crippen LogP contribution in [0.3, 0.4) is 0 Å². The SMILES string of the molecule is Cc1cccc(OCCNC(=O)C(C)N2CCC(C)(CN)C2)c1. The summed E-state index contributed by atoms with van der Waals surface area (Å²) in [5, 5.41) is 2.95. The second-order valence-corrected chi connectivity index (χ2v) is 6.87. The van der Waals surface area contributed by atoms with Crippen molar-refractivity contribution in [1.82, 2.24) is 10.2 Å². The summed E-state index contributed by atoms with van der Waals surface area (Å²) in [6.07, 6.45) is 1.05. The van der Waals surface area contributed by atoms with Gasteiger partial charge in [0.2, 0.25) is 5.91 Å². The zero-order valence-corrected chi connectivity index (χ0v) is 14.5. The van der Waals surface area contributed by atoms with Crippen molar-refractivity contribution in [3.63, 3.8) is 0 Å². The average Bonchev–Trinajstić information content (AvgIpc) is 2.94. The van der Waals surface area contributed by atoms with E-state index < -0.39 is 0 Å². The first-order valence-corrected chi connectivity index (χ1v) is 8.35. The quantitative estimate of drug-likeness (QED) is 0.748. The molecule has 1 fully saturated rings. The zero-order chi connectivity index (χ0) is 16.9. The first kappa shape index (κ1) is 17.8. The molecule has 1 aromatic carbocycles. The van der Waals surface area contributed by atoms with Gasteiger partial charge in [-0.3, -0.25) is 9.69 Å². The predicted octanol–water partition coefficient (Wildman–Crippen LogP) is 1.55. The van der Waals surface area contributed by atoms with Gasteiger partial charge < -0.3 is 15.8 Å². The van der Waals surface area contributed by atoms with Crippen molar-refractivity contribution in [3.05, 3.63) is 29.8 Å². The molecule has 128 valence electrons. The number of ether oxygens (including phenoxy) is 1. The number of hydrogen-bond donors (Lipinski definition) is 2. The van der Waals surface area contributed by atoms with E-state index in [1.54, 1.807) is 0 Å². The summed E-state index contributed by atoms with van der Waals surface area (Å²) < 4.78 is 5.65. The molecule has 2 unspecified atom stereocenters. The number of nitrogens with two attached hydrogens (primary N) is 1. The number of amides is 1. The van der Waals surface area contributed by atoms with E-state index in [4.69, 9.17) is 10.5 Å². The molecule has 0 radical (unpaired) electrons. The fourth-order valence-corrected chi connectivity index (χ4v) is 2.92. The Kier molecular flexibility index (Phi) is 6.02. The topological polar surface area (TPSA) is 67.6 Å². The van der Waals surface area contributed by atoms with Crippen molar-refractivity contribution in [2.45, 2.75) is 33.2 Å². The number of nitrogens with zero attached hydrogens (tertiary/aromatic N) is 1. The standard InChI is InChI=1S/C18H29N3O2/c1-14-5-4-6-16(11-14)23-10-8-20-17(22)15(2)21-9-7-18(3,12-19)13-21/h4-6,11,15H,7-10,12-13,19H2,1-3H3,(H,20,22). The van der Waals surface area contributed by atoms with Gasteiger partial charge in [0.05, 0.1) is 12.6 Å². The Morgan fingerprint density at radius 1 is 1.52 bits per heavy atom. The molecular weight excluding hydrogens is 290 g/mol. The maximum atomic E-state index is 12.3. The van der Waals surface area contributed by atoms with Crippen LogP contribution in [0.1, 0.15) is 25.8 Å². The second kappa shape index (κ2) is 7.79. The summed E-state index contributed by atoms with van der Waals surface area (Å²) in [6.45, 7) is 9.65. The summed E-state index contributed by atoms with van der Waals surface area (Å²) >= 11 is 0. The third kappa shape index (κ3) is 4.94. The molecule has 0 aliphatic carbocycles. The molecule has 1 heterocycles. The highest BCUT2D eigenvalue weighted by atomic mass is 16.5. The van der Waals surface area contributed by atoms with Gasteiger partial charge in [0.1, 0.15) is 12.4 Å². The van der Waals surface area contributed by atoms with Crippen LogP contribution in [0, 0.1) is 12.3 Å². The monoisotopic (exact) mass is 319 g/mol. The number of aryl methyl sites for hydroxylation is 1. The molecular formula is C18H29N3O2. The van der Waals surface area contributed by atoms with Crippen molar-refractivity contribution in [2.75, 3.05) is 32.8 Å². The van der Waals surface area contributed by atoms with Gasteiger partial charge in [-0.25, -0.2) is 0 Å². The van der Waals surface area contributed by atoms with Gasteiger partial charge in [-0.2, -0.15) is 0 Å². The van der Waals surface area contributed by atoms with Gasteiger partial charge in [0.15, 0.2) is 0 Å². The number of nitrogens with one attached hydrogen (secondary N) is 1. The third-order valence-electron chi connectivity index (χ3n) is 4.67. The summed E-state index contributed by atoms with van der Waals surface area (Å²) in [7, 11) is 0. The van der Waals surface area contributed by atoms with E-state index in [9.17, 15) is 4.79 Å². The number of rotatable bonds is 7. The lowest BCUT2D eigenvalue weighted by molar-refractivity contribution is -0.125. The molecule has 1 aliphatic heterocycles. The van der Waals surface area contributed by atoms with Crippen LogP contribution in [0.5, 0.6) is 5.75 Å². The smallest absolute Gasteiger partial charge is 0.237 e. The first-order valence-electron chi connectivity index (χ1n) is 8.35. The molecule has 0 bridgehead atoms. The molecule has 5 nitrogen and oxygen atoms in total. The predicted molar refractivity (Wildman–Crippen MR) is 92.5 cm³/mol. The highest BCUT2D eigenvalue weighted by Gasteiger charge is 2.36. The molecule has 23 heavy (non-hydrogen) atoms. The van der Waals surface area contributed by atoms with Crippen LogP contribution in [-0.2, 0) is 4.79 Å². The van der Waals surface area contributed by atoms with E-state index in [2.05, 4.69) is 17.1 Å². The molecule has 1 aliphatic rings. The maximum absolute atomic E-state index is 12.3. The summed E-state index contributed by atoms with van der Waals surface area (Å²) in [5.41, 5.74) is 7.13. The lowest BCUT2D eigenvalue weighted by Gasteiger charge is -2.26. The molecule has 3 N–H and O–H groups in total. The minimum Gasteiger partial charge on any atom is -0.492 e. The number of likely N-dealkylation sites (tertiary alicyclic amines) is 1. The van der Waals surface area contributed by atoms with Gasteiger partial charge in [-0.05, 0) is 56.5 Å². The summed E-state index contributed by atoms with van der Waals surface area (Å²) in [6, 6.07) is 7.79. The molecule has 0 saturated carbocycles.